The zero-order chi connectivity index (χ0) is 20.6. The normalized spacial score (nSPS) is 18.9. The number of hydrogen-bond donors (Lipinski definition) is 3. The molecule has 2 aromatic rings. The topological polar surface area (TPSA) is 56.4 Å². The van der Waals surface area contributed by atoms with Crippen molar-refractivity contribution in [2.75, 3.05) is 58.3 Å². The van der Waals surface area contributed by atoms with Crippen molar-refractivity contribution >= 4 is 23.2 Å². The van der Waals surface area contributed by atoms with Crippen LogP contribution in [-0.4, -0.2) is 58.9 Å². The number of anilines is 1. The van der Waals surface area contributed by atoms with Crippen molar-refractivity contribution in [1.29, 1.82) is 0 Å². The molecule has 1 aliphatic rings. The third-order valence-electron chi connectivity index (χ3n) is 5.33. The van der Waals surface area contributed by atoms with Gasteiger partial charge in [0.15, 0.2) is 6.54 Å². The van der Waals surface area contributed by atoms with Crippen LogP contribution in [0.2, 0.25) is 5.02 Å². The first-order chi connectivity index (χ1) is 14.0. The smallest absolute Gasteiger partial charge is 0.279 e. The minimum absolute atomic E-state index is 0.0386. The molecule has 7 heteroatoms. The summed E-state index contributed by atoms with van der Waals surface area (Å²) in [5.74, 6) is 1.73. The van der Waals surface area contributed by atoms with E-state index in [1.807, 2.05) is 43.3 Å². The molecule has 0 saturated carbocycles. The highest BCUT2D eigenvalue weighted by molar-refractivity contribution is 6.31. The first kappa shape index (κ1) is 21.4. The molecule has 6 nitrogen and oxygen atoms in total. The first-order valence-corrected chi connectivity index (χ1v) is 10.4. The number of amides is 1. The molecule has 156 valence electrons. The van der Waals surface area contributed by atoms with Crippen LogP contribution in [0.4, 0.5) is 5.69 Å². The number of aryl methyl sites for hydroxylation is 1. The van der Waals surface area contributed by atoms with E-state index in [-0.39, 0.29) is 5.91 Å². The Morgan fingerprint density at radius 2 is 1.69 bits per heavy atom. The Kier molecular flexibility index (Phi) is 7.75. The Balaban J connectivity index is 1.35. The quantitative estimate of drug-likeness (QED) is 0.582. The van der Waals surface area contributed by atoms with Gasteiger partial charge in [-0.2, -0.15) is 0 Å². The second kappa shape index (κ2) is 10.5. The molecule has 0 unspecified atom stereocenters. The summed E-state index contributed by atoms with van der Waals surface area (Å²) in [6.07, 6.45) is 0. The molecule has 0 bridgehead atoms. The molecule has 29 heavy (non-hydrogen) atoms. The van der Waals surface area contributed by atoms with E-state index in [4.69, 9.17) is 21.1 Å². The van der Waals surface area contributed by atoms with Gasteiger partial charge in [0, 0.05) is 10.7 Å². The molecule has 1 saturated heterocycles. The van der Waals surface area contributed by atoms with Gasteiger partial charge >= 0.3 is 0 Å². The van der Waals surface area contributed by atoms with Gasteiger partial charge in [0.25, 0.3) is 5.91 Å². The summed E-state index contributed by atoms with van der Waals surface area (Å²) in [5, 5.41) is 3.62. The first-order valence-electron chi connectivity index (χ1n) is 10.0. The van der Waals surface area contributed by atoms with Gasteiger partial charge in [0.05, 0.1) is 7.11 Å². The highest BCUT2D eigenvalue weighted by Crippen LogP contribution is 2.19. The van der Waals surface area contributed by atoms with Crippen LogP contribution < -0.4 is 24.6 Å². The number of methoxy groups -OCH3 is 1. The lowest BCUT2D eigenvalue weighted by atomic mass is 10.2. The number of carbonyl (C=O) groups is 1. The molecule has 1 fully saturated rings. The third-order valence-corrected chi connectivity index (χ3v) is 5.57. The zero-order valence-corrected chi connectivity index (χ0v) is 17.8. The molecule has 3 rings (SSSR count). The van der Waals surface area contributed by atoms with Gasteiger partial charge in [-0.15, -0.1) is 0 Å². The van der Waals surface area contributed by atoms with E-state index in [9.17, 15) is 4.79 Å². The van der Waals surface area contributed by atoms with Crippen molar-refractivity contribution in [3.63, 3.8) is 0 Å². The molecular formula is C22H30ClN3O3+2. The minimum atomic E-state index is 0.0386. The van der Waals surface area contributed by atoms with Gasteiger partial charge in [-0.3, -0.25) is 4.79 Å². The standard InChI is InChI=1S/C22H28ClN3O3/c1-17-3-4-18(23)15-21(17)24-22(27)16-26-11-9-25(10-12-26)13-14-29-20-7-5-19(28-2)6-8-20/h3-8,15H,9-14,16H2,1-2H3,(H,24,27)/p+2. The van der Waals surface area contributed by atoms with Crippen molar-refractivity contribution in [2.24, 2.45) is 0 Å². The molecular weight excluding hydrogens is 390 g/mol. The van der Waals surface area contributed by atoms with Gasteiger partial charge in [0.1, 0.15) is 50.8 Å². The number of piperazine rings is 1. The summed E-state index contributed by atoms with van der Waals surface area (Å²) in [4.78, 5) is 15.2. The lowest BCUT2D eigenvalue weighted by Gasteiger charge is -2.29. The van der Waals surface area contributed by atoms with Gasteiger partial charge < -0.3 is 24.6 Å². The van der Waals surface area contributed by atoms with Crippen LogP contribution in [0.15, 0.2) is 42.5 Å². The second-order valence-corrected chi connectivity index (χ2v) is 7.89. The van der Waals surface area contributed by atoms with Crippen molar-refractivity contribution in [3.05, 3.63) is 53.1 Å². The molecule has 0 aromatic heterocycles. The van der Waals surface area contributed by atoms with E-state index in [1.165, 1.54) is 9.80 Å². The number of rotatable bonds is 8. The van der Waals surface area contributed by atoms with Gasteiger partial charge in [-0.25, -0.2) is 0 Å². The maximum absolute atomic E-state index is 12.4. The van der Waals surface area contributed by atoms with E-state index in [2.05, 4.69) is 5.32 Å². The Bertz CT molecular complexity index is 805. The lowest BCUT2D eigenvalue weighted by molar-refractivity contribution is -1.01. The van der Waals surface area contributed by atoms with Crippen molar-refractivity contribution in [3.8, 4) is 11.5 Å². The number of hydrogen-bond acceptors (Lipinski definition) is 3. The van der Waals surface area contributed by atoms with Crippen molar-refractivity contribution in [2.45, 2.75) is 6.92 Å². The molecule has 0 radical (unpaired) electrons. The molecule has 3 N–H and O–H groups in total. The fraction of sp³-hybridized carbons (Fsp3) is 0.409. The number of benzene rings is 2. The number of quaternary nitrogens is 2. The zero-order valence-electron chi connectivity index (χ0n) is 17.1. The second-order valence-electron chi connectivity index (χ2n) is 7.46. The Labute approximate surface area is 177 Å². The monoisotopic (exact) mass is 419 g/mol. The third kappa shape index (κ3) is 6.63. The van der Waals surface area contributed by atoms with E-state index in [0.717, 1.165) is 55.5 Å². The number of halogens is 1. The fourth-order valence-electron chi connectivity index (χ4n) is 3.52. The predicted molar refractivity (Wildman–Crippen MR) is 114 cm³/mol. The Morgan fingerprint density at radius 3 is 2.38 bits per heavy atom. The minimum Gasteiger partial charge on any atom is -0.497 e. The van der Waals surface area contributed by atoms with Crippen LogP contribution in [0.1, 0.15) is 5.56 Å². The highest BCUT2D eigenvalue weighted by Gasteiger charge is 2.24. The van der Waals surface area contributed by atoms with Crippen molar-refractivity contribution in [1.82, 2.24) is 0 Å². The van der Waals surface area contributed by atoms with E-state index < -0.39 is 0 Å². The molecule has 0 atom stereocenters. The number of carbonyl (C=O) groups excluding carboxylic acids is 1. The SMILES string of the molecule is COc1ccc(OCC[NH+]2CC[NH+](CC(=O)Nc3cc(Cl)ccc3C)CC2)cc1. The average molecular weight is 420 g/mol. The molecule has 2 aromatic carbocycles. The maximum atomic E-state index is 12.4. The maximum Gasteiger partial charge on any atom is 0.279 e. The molecule has 0 spiro atoms. The molecule has 1 aliphatic heterocycles. The Morgan fingerprint density at radius 1 is 1.03 bits per heavy atom. The van der Waals surface area contributed by atoms with Gasteiger partial charge in [0.2, 0.25) is 0 Å². The predicted octanol–water partition coefficient (Wildman–Crippen LogP) is 0.458. The van der Waals surface area contributed by atoms with Crippen LogP contribution in [0.5, 0.6) is 11.5 Å². The highest BCUT2D eigenvalue weighted by atomic mass is 35.5. The summed E-state index contributed by atoms with van der Waals surface area (Å²) in [5.41, 5.74) is 1.81. The van der Waals surface area contributed by atoms with Gasteiger partial charge in [-0.1, -0.05) is 17.7 Å². The number of ether oxygens (including phenoxy) is 2. The summed E-state index contributed by atoms with van der Waals surface area (Å²) < 4.78 is 11.0. The van der Waals surface area contributed by atoms with Crippen LogP contribution in [-0.2, 0) is 4.79 Å². The molecule has 0 aliphatic carbocycles. The summed E-state index contributed by atoms with van der Waals surface area (Å²) in [6.45, 7) is 8.17. The number of nitrogens with one attached hydrogen (secondary N) is 3. The fourth-order valence-corrected chi connectivity index (χ4v) is 3.69. The summed E-state index contributed by atoms with van der Waals surface area (Å²) >= 11 is 6.03. The molecule has 1 heterocycles. The lowest BCUT2D eigenvalue weighted by Crippen LogP contribution is -3.28. The van der Waals surface area contributed by atoms with Crippen LogP contribution >= 0.6 is 11.6 Å². The van der Waals surface area contributed by atoms with E-state index in [0.29, 0.717) is 18.2 Å². The van der Waals surface area contributed by atoms with Crippen LogP contribution in [0.25, 0.3) is 0 Å². The van der Waals surface area contributed by atoms with Crippen LogP contribution in [0.3, 0.4) is 0 Å². The summed E-state index contributed by atoms with van der Waals surface area (Å²) in [7, 11) is 1.66. The Hall–Kier alpha value is -2.28. The largest absolute Gasteiger partial charge is 0.497 e. The van der Waals surface area contributed by atoms with Crippen molar-refractivity contribution < 1.29 is 24.1 Å². The molecule has 1 amide bonds. The van der Waals surface area contributed by atoms with Gasteiger partial charge in [-0.05, 0) is 48.9 Å². The van der Waals surface area contributed by atoms with E-state index >= 15 is 0 Å². The van der Waals surface area contributed by atoms with Crippen LogP contribution in [0, 0.1) is 6.92 Å². The average Bonchev–Trinajstić information content (AvgIpc) is 2.72. The summed E-state index contributed by atoms with van der Waals surface area (Å²) in [6, 6.07) is 13.2. The van der Waals surface area contributed by atoms with E-state index in [1.54, 1.807) is 13.2 Å².